The van der Waals surface area contributed by atoms with E-state index in [1.807, 2.05) is 12.1 Å². The predicted octanol–water partition coefficient (Wildman–Crippen LogP) is 4.39. The second-order valence-corrected chi connectivity index (χ2v) is 6.63. The van der Waals surface area contributed by atoms with Crippen molar-refractivity contribution in [3.63, 3.8) is 0 Å². The summed E-state index contributed by atoms with van der Waals surface area (Å²) < 4.78 is 0. The largest absolute Gasteiger partial charge is 0.506 e. The third kappa shape index (κ3) is 2.97. The van der Waals surface area contributed by atoms with Gasteiger partial charge < -0.3 is 16.6 Å². The lowest BCUT2D eigenvalue weighted by atomic mass is 10.0. The van der Waals surface area contributed by atoms with Gasteiger partial charge in [0.25, 0.3) is 0 Å². The molecular formula is C20H16ClN5O2. The van der Waals surface area contributed by atoms with E-state index in [4.69, 9.17) is 23.1 Å². The molecule has 0 bridgehead atoms. The minimum atomic E-state index is -0.624. The molecule has 0 atom stereocenters. The molecule has 0 radical (unpaired) electrons. The van der Waals surface area contributed by atoms with E-state index in [-0.39, 0.29) is 5.75 Å². The zero-order valence-corrected chi connectivity index (χ0v) is 15.3. The summed E-state index contributed by atoms with van der Waals surface area (Å²) in [7, 11) is 0. The number of nitrogens with one attached hydrogen (secondary N) is 1. The van der Waals surface area contributed by atoms with Crippen molar-refractivity contribution in [2.75, 3.05) is 10.6 Å². The zero-order valence-electron chi connectivity index (χ0n) is 14.6. The van der Waals surface area contributed by atoms with Gasteiger partial charge in [0.15, 0.2) is 5.82 Å². The van der Waals surface area contributed by atoms with E-state index in [1.165, 1.54) is 4.90 Å². The number of carbonyl (C=O) groups excluding carboxylic acids is 1. The van der Waals surface area contributed by atoms with Crippen molar-refractivity contribution >= 4 is 45.7 Å². The van der Waals surface area contributed by atoms with Crippen LogP contribution in [0.3, 0.4) is 0 Å². The van der Waals surface area contributed by atoms with E-state index in [0.717, 1.165) is 11.1 Å². The molecule has 1 aromatic heterocycles. The van der Waals surface area contributed by atoms with Crippen molar-refractivity contribution in [1.82, 2.24) is 10.2 Å². The van der Waals surface area contributed by atoms with E-state index in [2.05, 4.69) is 10.2 Å². The van der Waals surface area contributed by atoms with Gasteiger partial charge in [0.1, 0.15) is 11.3 Å². The van der Waals surface area contributed by atoms with Crippen molar-refractivity contribution in [1.29, 1.82) is 0 Å². The number of primary amides is 1. The SMILES string of the molecule is NC(=O)N(c1ccc(-c2ccc(O)c3[nH]nc(N)c23)cc1)c1cccc(Cl)c1. The van der Waals surface area contributed by atoms with Gasteiger partial charge in [0.2, 0.25) is 0 Å². The van der Waals surface area contributed by atoms with Gasteiger partial charge in [-0.2, -0.15) is 5.10 Å². The Bertz CT molecular complexity index is 1190. The standard InChI is InChI=1S/C20H16ClN5O2/c21-12-2-1-3-14(10-12)26(20(23)28)13-6-4-11(5-7-13)15-8-9-16(27)18-17(15)19(22)25-24-18/h1-10,27H,(H2,23,28)(H3,22,24,25). The quantitative estimate of drug-likeness (QED) is 0.412. The van der Waals surface area contributed by atoms with Crippen LogP contribution in [-0.2, 0) is 0 Å². The molecule has 0 aliphatic carbocycles. The molecule has 28 heavy (non-hydrogen) atoms. The summed E-state index contributed by atoms with van der Waals surface area (Å²) in [5.74, 6) is 0.364. The van der Waals surface area contributed by atoms with E-state index < -0.39 is 6.03 Å². The van der Waals surface area contributed by atoms with E-state index >= 15 is 0 Å². The number of H-pyrrole nitrogens is 1. The number of hydrogen-bond acceptors (Lipinski definition) is 4. The second kappa shape index (κ2) is 6.79. The molecular weight excluding hydrogens is 378 g/mol. The van der Waals surface area contributed by atoms with E-state index in [9.17, 15) is 9.90 Å². The molecule has 140 valence electrons. The molecule has 4 aromatic rings. The smallest absolute Gasteiger partial charge is 0.323 e. The number of halogens is 1. The van der Waals surface area contributed by atoms with Crippen LogP contribution in [0, 0.1) is 0 Å². The summed E-state index contributed by atoms with van der Waals surface area (Å²) in [4.78, 5) is 13.4. The topological polar surface area (TPSA) is 121 Å². The number of nitrogens with two attached hydrogens (primary N) is 2. The van der Waals surface area contributed by atoms with Crippen molar-refractivity contribution < 1.29 is 9.90 Å². The Kier molecular flexibility index (Phi) is 4.29. The molecule has 0 aliphatic rings. The van der Waals surface area contributed by atoms with Crippen LogP contribution in [0.4, 0.5) is 22.0 Å². The van der Waals surface area contributed by atoms with Gasteiger partial charge in [-0.05, 0) is 53.6 Å². The van der Waals surface area contributed by atoms with Gasteiger partial charge in [-0.25, -0.2) is 4.79 Å². The Balaban J connectivity index is 1.78. The van der Waals surface area contributed by atoms with Crippen LogP contribution in [0.5, 0.6) is 5.75 Å². The average Bonchev–Trinajstić information content (AvgIpc) is 3.06. The number of hydrogen-bond donors (Lipinski definition) is 4. The number of anilines is 3. The summed E-state index contributed by atoms with van der Waals surface area (Å²) in [6.45, 7) is 0. The maximum absolute atomic E-state index is 12.0. The highest BCUT2D eigenvalue weighted by molar-refractivity contribution is 6.31. The van der Waals surface area contributed by atoms with Gasteiger partial charge in [-0.3, -0.25) is 10.00 Å². The summed E-state index contributed by atoms with van der Waals surface area (Å²) in [5, 5.41) is 17.8. The van der Waals surface area contributed by atoms with Crippen LogP contribution in [0.15, 0.2) is 60.7 Å². The minimum absolute atomic E-state index is 0.0698. The average molecular weight is 394 g/mol. The van der Waals surface area contributed by atoms with Crippen LogP contribution in [0.1, 0.15) is 0 Å². The summed E-state index contributed by atoms with van der Waals surface area (Å²) in [6.07, 6.45) is 0. The zero-order chi connectivity index (χ0) is 19.8. The summed E-state index contributed by atoms with van der Waals surface area (Å²) in [5.41, 5.74) is 14.8. The Morgan fingerprint density at radius 2 is 1.82 bits per heavy atom. The predicted molar refractivity (Wildman–Crippen MR) is 111 cm³/mol. The number of carbonyl (C=O) groups is 1. The number of aromatic hydroxyl groups is 1. The van der Waals surface area contributed by atoms with Gasteiger partial charge in [0.05, 0.1) is 16.8 Å². The molecule has 0 unspecified atom stereocenters. The van der Waals surface area contributed by atoms with E-state index in [1.54, 1.807) is 48.5 Å². The fourth-order valence-electron chi connectivity index (χ4n) is 3.19. The normalized spacial score (nSPS) is 10.9. The first-order valence-electron chi connectivity index (χ1n) is 8.37. The maximum atomic E-state index is 12.0. The van der Waals surface area contributed by atoms with Crippen LogP contribution in [0.25, 0.3) is 22.0 Å². The van der Waals surface area contributed by atoms with E-state index in [0.29, 0.717) is 33.1 Å². The first-order chi connectivity index (χ1) is 13.5. The summed E-state index contributed by atoms with van der Waals surface area (Å²) in [6, 6.07) is 16.8. The van der Waals surface area contributed by atoms with Crippen LogP contribution < -0.4 is 16.4 Å². The first kappa shape index (κ1) is 17.7. The van der Waals surface area contributed by atoms with Gasteiger partial charge >= 0.3 is 6.03 Å². The van der Waals surface area contributed by atoms with Crippen LogP contribution in [-0.4, -0.2) is 21.3 Å². The lowest BCUT2D eigenvalue weighted by molar-refractivity contribution is 0.256. The van der Waals surface area contributed by atoms with Crippen LogP contribution in [0.2, 0.25) is 5.02 Å². The Hall–Kier alpha value is -3.71. The van der Waals surface area contributed by atoms with Crippen LogP contribution >= 0.6 is 11.6 Å². The molecule has 0 fully saturated rings. The minimum Gasteiger partial charge on any atom is -0.506 e. The lowest BCUT2D eigenvalue weighted by Gasteiger charge is -2.21. The molecule has 6 N–H and O–H groups in total. The summed E-state index contributed by atoms with van der Waals surface area (Å²) >= 11 is 6.04. The Morgan fingerprint density at radius 3 is 2.50 bits per heavy atom. The Labute approximate surface area is 165 Å². The molecule has 0 aliphatic heterocycles. The number of nitrogens with zero attached hydrogens (tertiary/aromatic N) is 2. The van der Waals surface area contributed by atoms with Crippen molar-refractivity contribution in [2.45, 2.75) is 0 Å². The van der Waals surface area contributed by atoms with Crippen molar-refractivity contribution in [3.8, 4) is 16.9 Å². The Morgan fingerprint density at radius 1 is 1.07 bits per heavy atom. The second-order valence-electron chi connectivity index (χ2n) is 6.19. The molecule has 3 aromatic carbocycles. The highest BCUT2D eigenvalue weighted by Crippen LogP contribution is 2.37. The number of nitrogen functional groups attached to an aromatic ring is 1. The fourth-order valence-corrected chi connectivity index (χ4v) is 3.38. The monoisotopic (exact) mass is 393 g/mol. The maximum Gasteiger partial charge on any atom is 0.323 e. The number of rotatable bonds is 3. The highest BCUT2D eigenvalue weighted by atomic mass is 35.5. The number of fused-ring (bicyclic) bond motifs is 1. The number of phenols is 1. The third-order valence-corrected chi connectivity index (χ3v) is 4.69. The number of aromatic nitrogens is 2. The number of aromatic amines is 1. The lowest BCUT2D eigenvalue weighted by Crippen LogP contribution is -2.31. The van der Waals surface area contributed by atoms with Crippen molar-refractivity contribution in [2.24, 2.45) is 5.73 Å². The number of amides is 2. The highest BCUT2D eigenvalue weighted by Gasteiger charge is 2.17. The molecule has 4 rings (SSSR count). The van der Waals surface area contributed by atoms with Gasteiger partial charge in [-0.15, -0.1) is 0 Å². The molecule has 2 amide bonds. The van der Waals surface area contributed by atoms with Crippen molar-refractivity contribution in [3.05, 3.63) is 65.7 Å². The molecule has 8 heteroatoms. The third-order valence-electron chi connectivity index (χ3n) is 4.45. The van der Waals surface area contributed by atoms with Gasteiger partial charge in [0, 0.05) is 5.02 Å². The number of phenolic OH excluding ortho intramolecular Hbond substituents is 1. The molecule has 0 spiro atoms. The number of urea groups is 1. The molecule has 7 nitrogen and oxygen atoms in total. The molecule has 0 saturated carbocycles. The fraction of sp³-hybridized carbons (Fsp3) is 0. The molecule has 0 saturated heterocycles. The first-order valence-corrected chi connectivity index (χ1v) is 8.74. The van der Waals surface area contributed by atoms with Gasteiger partial charge in [-0.1, -0.05) is 29.8 Å². The molecule has 1 heterocycles. The number of benzene rings is 3.